The summed E-state index contributed by atoms with van der Waals surface area (Å²) in [5.74, 6) is -0.0618. The number of pyridine rings is 1. The number of carbonyl (C=O) groups excluding carboxylic acids is 1. The van der Waals surface area contributed by atoms with Crippen molar-refractivity contribution in [3.63, 3.8) is 0 Å². The highest BCUT2D eigenvalue weighted by Crippen LogP contribution is 2.25. The van der Waals surface area contributed by atoms with Gasteiger partial charge in [-0.2, -0.15) is 0 Å². The summed E-state index contributed by atoms with van der Waals surface area (Å²) < 4.78 is 5.29. The van der Waals surface area contributed by atoms with Crippen LogP contribution in [0.25, 0.3) is 10.9 Å². The van der Waals surface area contributed by atoms with E-state index in [1.807, 2.05) is 31.2 Å². The maximum absolute atomic E-state index is 12.3. The van der Waals surface area contributed by atoms with Gasteiger partial charge in [-0.15, -0.1) is 0 Å². The molecule has 1 aliphatic heterocycles. The molecule has 0 radical (unpaired) electrons. The molecule has 3 rings (SSSR count). The fraction of sp³-hybridized carbons (Fsp3) is 0.412. The number of fused-ring (bicyclic) bond motifs is 1. The molecule has 6 nitrogen and oxygen atoms in total. The van der Waals surface area contributed by atoms with E-state index in [1.165, 1.54) is 0 Å². The van der Waals surface area contributed by atoms with E-state index < -0.39 is 0 Å². The number of morpholine rings is 1. The lowest BCUT2D eigenvalue weighted by Gasteiger charge is -2.25. The topological polar surface area (TPSA) is 74.7 Å². The van der Waals surface area contributed by atoms with Gasteiger partial charge in [-0.25, -0.2) is 0 Å². The number of aromatic nitrogens is 1. The number of ether oxygens (including phenoxy) is 1. The molecule has 23 heavy (non-hydrogen) atoms. The predicted molar refractivity (Wildman–Crippen MR) is 88.3 cm³/mol. The average Bonchev–Trinajstić information content (AvgIpc) is 2.55. The molecule has 0 spiro atoms. The van der Waals surface area contributed by atoms with E-state index in [4.69, 9.17) is 4.74 Å². The van der Waals surface area contributed by atoms with Crippen LogP contribution in [-0.2, 0) is 16.1 Å². The van der Waals surface area contributed by atoms with Crippen molar-refractivity contribution in [2.75, 3.05) is 38.2 Å². The quantitative estimate of drug-likeness (QED) is 0.890. The highest BCUT2D eigenvalue weighted by Gasteiger charge is 2.15. The largest absolute Gasteiger partial charge is 0.392 e. The lowest BCUT2D eigenvalue weighted by molar-refractivity contribution is -0.118. The highest BCUT2D eigenvalue weighted by molar-refractivity contribution is 6.01. The Bertz CT molecular complexity index is 712. The third-order valence-electron chi connectivity index (χ3n) is 3.97. The second-order valence-electron chi connectivity index (χ2n) is 5.72. The van der Waals surface area contributed by atoms with Crippen LogP contribution in [0.3, 0.4) is 0 Å². The first-order valence-corrected chi connectivity index (χ1v) is 7.77. The molecule has 1 fully saturated rings. The monoisotopic (exact) mass is 315 g/mol. The van der Waals surface area contributed by atoms with E-state index in [-0.39, 0.29) is 12.5 Å². The first kappa shape index (κ1) is 15.9. The van der Waals surface area contributed by atoms with Crippen LogP contribution >= 0.6 is 0 Å². The molecule has 2 heterocycles. The number of carbonyl (C=O) groups is 1. The van der Waals surface area contributed by atoms with Crippen molar-refractivity contribution >= 4 is 22.5 Å². The highest BCUT2D eigenvalue weighted by atomic mass is 16.5. The molecule has 0 unspecified atom stereocenters. The summed E-state index contributed by atoms with van der Waals surface area (Å²) >= 11 is 0. The van der Waals surface area contributed by atoms with Crippen LogP contribution in [0.15, 0.2) is 24.3 Å². The van der Waals surface area contributed by atoms with Crippen molar-refractivity contribution in [3.8, 4) is 0 Å². The second-order valence-corrected chi connectivity index (χ2v) is 5.72. The van der Waals surface area contributed by atoms with Gasteiger partial charge >= 0.3 is 0 Å². The van der Waals surface area contributed by atoms with Crippen molar-refractivity contribution < 1.29 is 14.6 Å². The van der Waals surface area contributed by atoms with Gasteiger partial charge in [0, 0.05) is 24.2 Å². The van der Waals surface area contributed by atoms with Gasteiger partial charge < -0.3 is 15.2 Å². The van der Waals surface area contributed by atoms with Crippen molar-refractivity contribution in [1.29, 1.82) is 0 Å². The molecule has 0 bridgehead atoms. The predicted octanol–water partition coefficient (Wildman–Crippen LogP) is 1.31. The van der Waals surface area contributed by atoms with Gasteiger partial charge in [-0.3, -0.25) is 14.7 Å². The van der Waals surface area contributed by atoms with Crippen LogP contribution in [0, 0.1) is 6.92 Å². The van der Waals surface area contributed by atoms with E-state index in [2.05, 4.69) is 15.2 Å². The molecule has 1 aromatic carbocycles. The number of rotatable bonds is 4. The van der Waals surface area contributed by atoms with E-state index in [9.17, 15) is 9.90 Å². The first-order chi connectivity index (χ1) is 11.2. The number of benzene rings is 1. The van der Waals surface area contributed by atoms with Gasteiger partial charge in [0.25, 0.3) is 0 Å². The van der Waals surface area contributed by atoms with Gasteiger partial charge in [-0.05, 0) is 24.6 Å². The Hall–Kier alpha value is -2.02. The number of nitrogens with one attached hydrogen (secondary N) is 1. The molecule has 1 saturated heterocycles. The van der Waals surface area contributed by atoms with Crippen LogP contribution in [0.1, 0.15) is 11.3 Å². The first-order valence-electron chi connectivity index (χ1n) is 7.77. The number of aliphatic hydroxyl groups excluding tert-OH is 1. The van der Waals surface area contributed by atoms with Gasteiger partial charge in [0.15, 0.2) is 0 Å². The molecule has 0 saturated carbocycles. The summed E-state index contributed by atoms with van der Waals surface area (Å²) in [5, 5.41) is 13.3. The van der Waals surface area contributed by atoms with Crippen LogP contribution < -0.4 is 5.32 Å². The number of hydrogen-bond donors (Lipinski definition) is 2. The number of amides is 1. The maximum Gasteiger partial charge on any atom is 0.238 e. The van der Waals surface area contributed by atoms with Crippen LogP contribution in [0.5, 0.6) is 0 Å². The molecule has 0 atom stereocenters. The Morgan fingerprint density at radius 2 is 2.17 bits per heavy atom. The minimum Gasteiger partial charge on any atom is -0.392 e. The zero-order chi connectivity index (χ0) is 16.2. The lowest BCUT2D eigenvalue weighted by Crippen LogP contribution is -2.41. The van der Waals surface area contributed by atoms with Crippen molar-refractivity contribution in [2.45, 2.75) is 13.5 Å². The molecule has 0 aliphatic carbocycles. The lowest BCUT2D eigenvalue weighted by atomic mass is 10.1. The zero-order valence-electron chi connectivity index (χ0n) is 13.2. The summed E-state index contributed by atoms with van der Waals surface area (Å²) in [6, 6.07) is 7.47. The normalized spacial score (nSPS) is 15.7. The molecule has 1 amide bonds. The Morgan fingerprint density at radius 3 is 2.91 bits per heavy atom. The summed E-state index contributed by atoms with van der Waals surface area (Å²) in [7, 11) is 0. The van der Waals surface area contributed by atoms with Gasteiger partial charge in [0.05, 0.1) is 37.6 Å². The number of para-hydroxylation sites is 1. The average molecular weight is 315 g/mol. The SMILES string of the molecule is Cc1cc(CO)c2cccc(NC(=O)CN3CCOCC3)c2n1. The number of aliphatic hydroxyl groups is 1. The number of aryl methyl sites for hydroxylation is 1. The van der Waals surface area contributed by atoms with Crippen molar-refractivity contribution in [3.05, 3.63) is 35.5 Å². The minimum absolute atomic E-state index is 0.0506. The third kappa shape index (κ3) is 3.67. The van der Waals surface area contributed by atoms with E-state index in [0.717, 1.165) is 29.7 Å². The Labute approximate surface area is 135 Å². The van der Waals surface area contributed by atoms with Crippen molar-refractivity contribution in [1.82, 2.24) is 9.88 Å². The molecule has 2 aromatic rings. The van der Waals surface area contributed by atoms with Crippen LogP contribution in [0.4, 0.5) is 5.69 Å². The molecule has 6 heteroatoms. The van der Waals surface area contributed by atoms with E-state index in [1.54, 1.807) is 0 Å². The molecule has 122 valence electrons. The maximum atomic E-state index is 12.3. The Morgan fingerprint density at radius 1 is 1.39 bits per heavy atom. The zero-order valence-corrected chi connectivity index (χ0v) is 13.2. The third-order valence-corrected chi connectivity index (χ3v) is 3.97. The second kappa shape index (κ2) is 7.04. The van der Waals surface area contributed by atoms with Gasteiger partial charge in [-0.1, -0.05) is 12.1 Å². The van der Waals surface area contributed by atoms with Crippen molar-refractivity contribution in [2.24, 2.45) is 0 Å². The minimum atomic E-state index is -0.0618. The Kier molecular flexibility index (Phi) is 4.85. The molecular weight excluding hydrogens is 294 g/mol. The fourth-order valence-corrected chi connectivity index (χ4v) is 2.85. The number of nitrogens with zero attached hydrogens (tertiary/aromatic N) is 2. The Balaban J connectivity index is 1.82. The summed E-state index contributed by atoms with van der Waals surface area (Å²) in [5.41, 5.74) is 3.03. The van der Waals surface area contributed by atoms with Gasteiger partial charge in [0.1, 0.15) is 0 Å². The van der Waals surface area contributed by atoms with Crippen LogP contribution in [-0.4, -0.2) is 53.7 Å². The summed E-state index contributed by atoms with van der Waals surface area (Å²) in [6.45, 7) is 5.06. The number of hydrogen-bond acceptors (Lipinski definition) is 5. The summed E-state index contributed by atoms with van der Waals surface area (Å²) in [4.78, 5) is 18.9. The molecule has 1 aliphatic rings. The van der Waals surface area contributed by atoms with Gasteiger partial charge in [0.2, 0.25) is 5.91 Å². The smallest absolute Gasteiger partial charge is 0.238 e. The molecule has 2 N–H and O–H groups in total. The van der Waals surface area contributed by atoms with E-state index >= 15 is 0 Å². The number of anilines is 1. The molecular formula is C17H21N3O3. The summed E-state index contributed by atoms with van der Waals surface area (Å²) in [6.07, 6.45) is 0. The standard InChI is InChI=1S/C17H21N3O3/c1-12-9-13(11-21)14-3-2-4-15(17(14)18-12)19-16(22)10-20-5-7-23-8-6-20/h2-4,9,21H,5-8,10-11H2,1H3,(H,19,22). The van der Waals surface area contributed by atoms with Crippen LogP contribution in [0.2, 0.25) is 0 Å². The van der Waals surface area contributed by atoms with E-state index in [0.29, 0.717) is 31.0 Å². The fourth-order valence-electron chi connectivity index (χ4n) is 2.85. The molecule has 1 aromatic heterocycles.